The topological polar surface area (TPSA) is 34.9 Å². The lowest BCUT2D eigenvalue weighted by Crippen LogP contribution is -2.25. The van der Waals surface area contributed by atoms with Crippen molar-refractivity contribution in [3.05, 3.63) is 26.8 Å². The zero-order chi connectivity index (χ0) is 12.3. The van der Waals surface area contributed by atoms with Crippen molar-refractivity contribution >= 4 is 27.7 Å². The molecule has 0 saturated carbocycles. The highest BCUT2D eigenvalue weighted by Crippen LogP contribution is 2.29. The molecule has 0 aromatic carbocycles. The fourth-order valence-corrected chi connectivity index (χ4v) is 1.89. The Hall–Kier alpha value is -0.500. The van der Waals surface area contributed by atoms with Gasteiger partial charge in [-0.05, 0) is 34.6 Å². The van der Waals surface area contributed by atoms with E-state index < -0.39 is 5.51 Å². The van der Waals surface area contributed by atoms with Crippen molar-refractivity contribution < 1.29 is 13.2 Å². The lowest BCUT2D eigenvalue weighted by atomic mass is 10.5. The molecule has 0 amide bonds. The van der Waals surface area contributed by atoms with Crippen LogP contribution >= 0.6 is 27.7 Å². The van der Waals surface area contributed by atoms with Crippen LogP contribution in [0.4, 0.5) is 13.2 Å². The zero-order valence-corrected chi connectivity index (χ0v) is 10.6. The summed E-state index contributed by atoms with van der Waals surface area (Å²) in [5.74, 6) is 0.193. The first-order chi connectivity index (χ1) is 7.31. The third-order valence-electron chi connectivity index (χ3n) is 1.79. The van der Waals surface area contributed by atoms with Gasteiger partial charge in [0.2, 0.25) is 0 Å². The average molecular weight is 317 g/mol. The standard InChI is InChI=1S/C8H8BrF3N2OS/c1-5-13-4-6(9)7(15)14(5)2-3-16-8(10,11)12/h4H,2-3H2,1H3. The number of hydrogen-bond donors (Lipinski definition) is 0. The van der Waals surface area contributed by atoms with Gasteiger partial charge in [0.15, 0.2) is 0 Å². The molecule has 0 unspecified atom stereocenters. The minimum atomic E-state index is -4.27. The van der Waals surface area contributed by atoms with Crippen molar-refractivity contribution in [3.63, 3.8) is 0 Å². The first-order valence-electron chi connectivity index (χ1n) is 4.24. The van der Waals surface area contributed by atoms with Gasteiger partial charge in [0.25, 0.3) is 5.56 Å². The highest BCUT2D eigenvalue weighted by atomic mass is 79.9. The lowest BCUT2D eigenvalue weighted by Gasteiger charge is -2.10. The van der Waals surface area contributed by atoms with Gasteiger partial charge in [-0.25, -0.2) is 4.98 Å². The predicted molar refractivity (Wildman–Crippen MR) is 59.4 cm³/mol. The third-order valence-corrected chi connectivity index (χ3v) is 3.04. The molecule has 0 aliphatic carbocycles. The van der Waals surface area contributed by atoms with Crippen molar-refractivity contribution in [2.24, 2.45) is 0 Å². The Kier molecular flexibility index (Phi) is 4.43. The Labute approximate surface area is 102 Å². The summed E-state index contributed by atoms with van der Waals surface area (Å²) in [7, 11) is 0. The molecule has 0 radical (unpaired) electrons. The Balaban J connectivity index is 2.75. The normalized spacial score (nSPS) is 11.8. The van der Waals surface area contributed by atoms with Gasteiger partial charge in [-0.15, -0.1) is 0 Å². The van der Waals surface area contributed by atoms with Gasteiger partial charge in [-0.1, -0.05) is 0 Å². The Morgan fingerprint density at radius 2 is 2.19 bits per heavy atom. The van der Waals surface area contributed by atoms with Crippen LogP contribution in [-0.2, 0) is 6.54 Å². The van der Waals surface area contributed by atoms with E-state index in [0.29, 0.717) is 5.82 Å². The number of aromatic nitrogens is 2. The van der Waals surface area contributed by atoms with E-state index in [1.807, 2.05) is 0 Å². The van der Waals surface area contributed by atoms with Crippen LogP contribution in [0, 0.1) is 6.92 Å². The molecule has 3 nitrogen and oxygen atoms in total. The molecule has 16 heavy (non-hydrogen) atoms. The van der Waals surface area contributed by atoms with Gasteiger partial charge in [0.05, 0.1) is 0 Å². The summed E-state index contributed by atoms with van der Waals surface area (Å²) in [6.07, 6.45) is 1.34. The number of aryl methyl sites for hydroxylation is 1. The smallest absolute Gasteiger partial charge is 0.295 e. The van der Waals surface area contributed by atoms with Gasteiger partial charge in [0, 0.05) is 18.5 Å². The molecule has 0 aliphatic rings. The van der Waals surface area contributed by atoms with E-state index in [4.69, 9.17) is 0 Å². The molecule has 0 saturated heterocycles. The van der Waals surface area contributed by atoms with Crippen LogP contribution in [0.1, 0.15) is 5.82 Å². The monoisotopic (exact) mass is 316 g/mol. The highest BCUT2D eigenvalue weighted by Gasteiger charge is 2.27. The second-order valence-corrected chi connectivity index (χ2v) is 4.92. The fourth-order valence-electron chi connectivity index (χ4n) is 1.07. The molecule has 1 heterocycles. The summed E-state index contributed by atoms with van der Waals surface area (Å²) in [4.78, 5) is 15.4. The van der Waals surface area contributed by atoms with Crippen LogP contribution in [0.15, 0.2) is 15.5 Å². The summed E-state index contributed by atoms with van der Waals surface area (Å²) in [6, 6.07) is 0. The molecule has 1 aromatic rings. The number of hydrogen-bond acceptors (Lipinski definition) is 3. The fraction of sp³-hybridized carbons (Fsp3) is 0.500. The van der Waals surface area contributed by atoms with Crippen LogP contribution < -0.4 is 5.56 Å². The van der Waals surface area contributed by atoms with Crippen molar-refractivity contribution in [2.45, 2.75) is 19.0 Å². The maximum Gasteiger partial charge on any atom is 0.441 e. The van der Waals surface area contributed by atoms with E-state index in [-0.39, 0.29) is 34.1 Å². The third kappa shape index (κ3) is 3.82. The molecule has 0 spiro atoms. The molecule has 8 heteroatoms. The van der Waals surface area contributed by atoms with E-state index in [9.17, 15) is 18.0 Å². The molecule has 1 rings (SSSR count). The first-order valence-corrected chi connectivity index (χ1v) is 6.02. The van der Waals surface area contributed by atoms with Crippen LogP contribution in [0.5, 0.6) is 0 Å². The maximum atomic E-state index is 11.9. The Bertz CT molecular complexity index is 432. The molecule has 0 N–H and O–H groups in total. The zero-order valence-electron chi connectivity index (χ0n) is 8.21. The molecule has 1 aromatic heterocycles. The first kappa shape index (κ1) is 13.6. The molecular weight excluding hydrogens is 309 g/mol. The highest BCUT2D eigenvalue weighted by molar-refractivity contribution is 9.10. The van der Waals surface area contributed by atoms with E-state index in [1.54, 1.807) is 6.92 Å². The summed E-state index contributed by atoms with van der Waals surface area (Å²) < 4.78 is 37.1. The minimum absolute atomic E-state index is 0.0126. The van der Waals surface area contributed by atoms with Crippen molar-refractivity contribution in [3.8, 4) is 0 Å². The largest absolute Gasteiger partial charge is 0.441 e. The second-order valence-electron chi connectivity index (χ2n) is 2.90. The van der Waals surface area contributed by atoms with Gasteiger partial charge < -0.3 is 0 Å². The Morgan fingerprint density at radius 3 is 2.75 bits per heavy atom. The molecule has 0 aliphatic heterocycles. The molecule has 90 valence electrons. The van der Waals surface area contributed by atoms with Crippen LogP contribution in [-0.4, -0.2) is 20.8 Å². The maximum absolute atomic E-state index is 11.9. The number of rotatable bonds is 3. The SMILES string of the molecule is Cc1ncc(Br)c(=O)n1CCSC(F)(F)F. The average Bonchev–Trinajstić information content (AvgIpc) is 2.16. The van der Waals surface area contributed by atoms with Crippen molar-refractivity contribution in [1.82, 2.24) is 9.55 Å². The number of nitrogens with zero attached hydrogens (tertiary/aromatic N) is 2. The van der Waals surface area contributed by atoms with Crippen LogP contribution in [0.3, 0.4) is 0 Å². The molecule has 0 fully saturated rings. The summed E-state index contributed by atoms with van der Waals surface area (Å²) in [5.41, 5.74) is -4.63. The van der Waals surface area contributed by atoms with E-state index in [1.165, 1.54) is 10.8 Å². The summed E-state index contributed by atoms with van der Waals surface area (Å²) in [5, 5.41) is 0. The molecule has 0 bridgehead atoms. The van der Waals surface area contributed by atoms with E-state index in [0.717, 1.165) is 0 Å². The van der Waals surface area contributed by atoms with Crippen LogP contribution in [0.25, 0.3) is 0 Å². The number of halogens is 4. The van der Waals surface area contributed by atoms with E-state index in [2.05, 4.69) is 20.9 Å². The quantitative estimate of drug-likeness (QED) is 0.859. The minimum Gasteiger partial charge on any atom is -0.295 e. The number of alkyl halides is 3. The molecule has 0 atom stereocenters. The van der Waals surface area contributed by atoms with Gasteiger partial charge >= 0.3 is 5.51 Å². The van der Waals surface area contributed by atoms with Crippen LogP contribution in [0.2, 0.25) is 0 Å². The number of thioether (sulfide) groups is 1. The lowest BCUT2D eigenvalue weighted by molar-refractivity contribution is -0.0328. The van der Waals surface area contributed by atoms with Crippen molar-refractivity contribution in [1.29, 1.82) is 0 Å². The van der Waals surface area contributed by atoms with Gasteiger partial charge in [0.1, 0.15) is 10.3 Å². The predicted octanol–water partition coefficient (Wildman–Crippen LogP) is 2.57. The second kappa shape index (κ2) is 5.22. The summed E-state index contributed by atoms with van der Waals surface area (Å²) >= 11 is 2.84. The Morgan fingerprint density at radius 1 is 1.56 bits per heavy atom. The summed E-state index contributed by atoms with van der Waals surface area (Å²) in [6.45, 7) is 1.56. The van der Waals surface area contributed by atoms with Gasteiger partial charge in [-0.2, -0.15) is 13.2 Å². The van der Waals surface area contributed by atoms with Crippen molar-refractivity contribution in [2.75, 3.05) is 5.75 Å². The van der Waals surface area contributed by atoms with E-state index >= 15 is 0 Å². The molecular formula is C8H8BrF3N2OS. The van der Waals surface area contributed by atoms with Gasteiger partial charge in [-0.3, -0.25) is 9.36 Å².